The minimum absolute atomic E-state index is 0. The number of aliphatic hydroxyl groups is 1. The van der Waals surface area contributed by atoms with Crippen LogP contribution in [-0.4, -0.2) is 18.3 Å². The smallest absolute Gasteiger partial charge is 0.395 e. The van der Waals surface area contributed by atoms with Gasteiger partial charge in [-0.2, -0.15) is 35.4 Å². The van der Waals surface area contributed by atoms with Crippen LogP contribution in [-0.2, 0) is 17.1 Å². The maximum Gasteiger partial charge on any atom is 2.00 e. The molecule has 2 nitrogen and oxygen atoms in total. The first-order chi connectivity index (χ1) is 7.70. The van der Waals surface area contributed by atoms with Crippen LogP contribution < -0.4 is 5.73 Å². The van der Waals surface area contributed by atoms with Crippen molar-refractivity contribution >= 4 is 0 Å². The minimum atomic E-state index is 0. The molecule has 3 N–H and O–H groups in total. The fourth-order valence-electron chi connectivity index (χ4n) is 0.940. The van der Waals surface area contributed by atoms with Gasteiger partial charge >= 0.3 is 17.1 Å². The van der Waals surface area contributed by atoms with E-state index in [1.807, 2.05) is 24.3 Å². The Morgan fingerprint density at radius 1 is 1.06 bits per heavy atom. The third-order valence-electron chi connectivity index (χ3n) is 1.79. The van der Waals surface area contributed by atoms with Gasteiger partial charge in [0, 0.05) is 6.54 Å². The van der Waals surface area contributed by atoms with Gasteiger partial charge in [-0.25, -0.2) is 24.3 Å². The van der Waals surface area contributed by atoms with Crippen LogP contribution in [0, 0.1) is 13.8 Å². The molecular formula is C14H21FeNO. The van der Waals surface area contributed by atoms with Gasteiger partial charge in [0.2, 0.25) is 0 Å². The van der Waals surface area contributed by atoms with Crippen molar-refractivity contribution in [3.8, 4) is 0 Å². The molecule has 0 heterocycles. The van der Waals surface area contributed by atoms with Crippen molar-refractivity contribution in [3.05, 3.63) is 59.7 Å². The molecule has 0 fully saturated rings. The summed E-state index contributed by atoms with van der Waals surface area (Å²) in [7, 11) is 0. The van der Waals surface area contributed by atoms with Gasteiger partial charge < -0.3 is 10.8 Å². The summed E-state index contributed by atoms with van der Waals surface area (Å²) in [5.74, 6) is 0. The Morgan fingerprint density at radius 2 is 1.41 bits per heavy atom. The van der Waals surface area contributed by atoms with E-state index < -0.39 is 0 Å². The summed E-state index contributed by atoms with van der Waals surface area (Å²) in [4.78, 5) is 0. The van der Waals surface area contributed by atoms with Crippen molar-refractivity contribution < 1.29 is 22.2 Å². The molecule has 0 amide bonds. The average molecular weight is 275 g/mol. The van der Waals surface area contributed by atoms with Gasteiger partial charge in [-0.05, 0) is 0 Å². The molecule has 0 radical (unpaired) electrons. The molecule has 0 saturated carbocycles. The number of hydrogen-bond acceptors (Lipinski definition) is 2. The Hall–Kier alpha value is -0.861. The van der Waals surface area contributed by atoms with Gasteiger partial charge in [0.1, 0.15) is 0 Å². The molecule has 0 saturated heterocycles. The zero-order valence-electron chi connectivity index (χ0n) is 10.4. The van der Waals surface area contributed by atoms with E-state index in [2.05, 4.69) is 38.1 Å². The molecule has 17 heavy (non-hydrogen) atoms. The summed E-state index contributed by atoms with van der Waals surface area (Å²) >= 11 is 0. The number of nitrogens with two attached hydrogens (primary N) is 1. The molecule has 2 rings (SSSR count). The molecule has 96 valence electrons. The van der Waals surface area contributed by atoms with Crippen molar-refractivity contribution in [2.45, 2.75) is 13.8 Å². The Kier molecular flexibility index (Phi) is 14.4. The van der Waals surface area contributed by atoms with Crippen molar-refractivity contribution in [3.63, 3.8) is 0 Å². The summed E-state index contributed by atoms with van der Waals surface area (Å²) in [5.41, 5.74) is 7.46. The van der Waals surface area contributed by atoms with Crippen molar-refractivity contribution in [2.75, 3.05) is 13.2 Å². The largest absolute Gasteiger partial charge is 2.00 e. The molecule has 2 aromatic carbocycles. The second-order valence-corrected chi connectivity index (χ2v) is 3.44. The summed E-state index contributed by atoms with van der Waals surface area (Å²) < 4.78 is 0. The molecule has 0 aliphatic carbocycles. The number of aliphatic hydroxyl groups excluding tert-OH is 1. The van der Waals surface area contributed by atoms with Crippen molar-refractivity contribution in [2.24, 2.45) is 5.73 Å². The maximum absolute atomic E-state index is 7.75. The van der Waals surface area contributed by atoms with E-state index in [9.17, 15) is 0 Å². The molecule has 0 aliphatic rings. The van der Waals surface area contributed by atoms with Crippen LogP contribution in [0.3, 0.4) is 0 Å². The predicted octanol–water partition coefficient (Wildman–Crippen LogP) is 2.36. The van der Waals surface area contributed by atoms with Gasteiger partial charge in [-0.3, -0.25) is 0 Å². The van der Waals surface area contributed by atoms with Gasteiger partial charge in [0.15, 0.2) is 0 Å². The zero-order chi connectivity index (χ0) is 12.2. The normalized spacial score (nSPS) is 8.00. The third-order valence-corrected chi connectivity index (χ3v) is 1.79. The molecule has 0 aliphatic heterocycles. The minimum Gasteiger partial charge on any atom is -0.395 e. The zero-order valence-corrected chi connectivity index (χ0v) is 11.5. The molecule has 3 heteroatoms. The fraction of sp³-hybridized carbons (Fsp3) is 0.286. The topological polar surface area (TPSA) is 46.2 Å². The molecule has 0 bridgehead atoms. The van der Waals surface area contributed by atoms with Crippen LogP contribution in [0.5, 0.6) is 0 Å². The third kappa shape index (κ3) is 13.1. The number of aryl methyl sites for hydroxylation is 2. The van der Waals surface area contributed by atoms with E-state index in [0.29, 0.717) is 6.54 Å². The van der Waals surface area contributed by atoms with Gasteiger partial charge in [0.25, 0.3) is 0 Å². The summed E-state index contributed by atoms with van der Waals surface area (Å²) in [5, 5.41) is 7.75. The average Bonchev–Trinajstić information content (AvgIpc) is 2.93. The molecule has 2 aromatic rings. The first-order valence-corrected chi connectivity index (χ1v) is 5.38. The Balaban J connectivity index is 0. The molecule has 0 atom stereocenters. The second-order valence-electron chi connectivity index (χ2n) is 3.44. The number of rotatable bonds is 1. The quantitative estimate of drug-likeness (QED) is 0.620. The summed E-state index contributed by atoms with van der Waals surface area (Å²) in [6.45, 7) is 4.64. The standard InChI is InChI=1S/2C6H7.C2H7NO.Fe/c2*1-6-4-2-3-5-6;3-1-2-4;/h2*2-5H,1H3;4H,1-3H2;/q2*-1;;+2. The SMILES string of the molecule is Cc1ccc[cH-]1.Cc1ccc[cH-]1.NCCO.[Fe+2]. The fourth-order valence-corrected chi connectivity index (χ4v) is 0.940. The van der Waals surface area contributed by atoms with E-state index >= 15 is 0 Å². The van der Waals surface area contributed by atoms with E-state index in [1.54, 1.807) is 0 Å². The van der Waals surface area contributed by atoms with Crippen LogP contribution in [0.25, 0.3) is 0 Å². The summed E-state index contributed by atoms with van der Waals surface area (Å²) in [6, 6.07) is 16.5. The Bertz CT molecular complexity index is 280. The molecule has 0 spiro atoms. The van der Waals surface area contributed by atoms with Crippen LogP contribution in [0.2, 0.25) is 0 Å². The predicted molar refractivity (Wildman–Crippen MR) is 69.7 cm³/mol. The van der Waals surface area contributed by atoms with Crippen LogP contribution in [0.4, 0.5) is 0 Å². The molecule has 0 aromatic heterocycles. The first kappa shape index (κ1) is 18.5. The first-order valence-electron chi connectivity index (χ1n) is 5.38. The van der Waals surface area contributed by atoms with Crippen molar-refractivity contribution in [1.82, 2.24) is 0 Å². The van der Waals surface area contributed by atoms with Gasteiger partial charge in [-0.15, -0.1) is 0 Å². The van der Waals surface area contributed by atoms with Gasteiger partial charge in [-0.1, -0.05) is 13.8 Å². The van der Waals surface area contributed by atoms with E-state index in [1.165, 1.54) is 11.1 Å². The Morgan fingerprint density at radius 3 is 1.47 bits per heavy atom. The summed E-state index contributed by atoms with van der Waals surface area (Å²) in [6.07, 6.45) is 0. The second kappa shape index (κ2) is 13.2. The van der Waals surface area contributed by atoms with Crippen LogP contribution in [0.1, 0.15) is 11.1 Å². The maximum atomic E-state index is 7.75. The van der Waals surface area contributed by atoms with E-state index in [0.717, 1.165) is 0 Å². The van der Waals surface area contributed by atoms with Crippen LogP contribution >= 0.6 is 0 Å². The monoisotopic (exact) mass is 275 g/mol. The number of hydrogen-bond donors (Lipinski definition) is 2. The van der Waals surface area contributed by atoms with Crippen molar-refractivity contribution in [1.29, 1.82) is 0 Å². The Labute approximate surface area is 115 Å². The van der Waals surface area contributed by atoms with E-state index in [4.69, 9.17) is 10.8 Å². The van der Waals surface area contributed by atoms with E-state index in [-0.39, 0.29) is 23.7 Å². The molecular weight excluding hydrogens is 254 g/mol. The molecule has 0 unspecified atom stereocenters. The van der Waals surface area contributed by atoms with Crippen LogP contribution in [0.15, 0.2) is 48.5 Å². The van der Waals surface area contributed by atoms with Gasteiger partial charge in [0.05, 0.1) is 6.61 Å².